The van der Waals surface area contributed by atoms with Gasteiger partial charge in [0, 0.05) is 6.42 Å². The molecule has 1 nitrogen and oxygen atoms in total. The lowest BCUT2D eigenvalue weighted by atomic mass is 10.1. The molecule has 74 valence electrons. The number of nitrogens with zero attached hydrogens (tertiary/aromatic N) is 1. The van der Waals surface area contributed by atoms with Gasteiger partial charge in [0.1, 0.15) is 0 Å². The van der Waals surface area contributed by atoms with Crippen LogP contribution in [0.2, 0.25) is 0 Å². The molecule has 0 atom stereocenters. The highest BCUT2D eigenvalue weighted by atomic mass is 32.1. The summed E-state index contributed by atoms with van der Waals surface area (Å²) < 4.78 is 1.32. The second kappa shape index (κ2) is 3.70. The first-order valence-electron chi connectivity index (χ1n) is 5.01. The van der Waals surface area contributed by atoms with Crippen molar-refractivity contribution in [3.8, 4) is 0 Å². The van der Waals surface area contributed by atoms with Crippen molar-refractivity contribution in [2.75, 3.05) is 0 Å². The zero-order chi connectivity index (χ0) is 10.1. The number of fused-ring (bicyclic) bond motifs is 1. The predicted molar refractivity (Wildman–Crippen MR) is 62.9 cm³/mol. The van der Waals surface area contributed by atoms with Crippen LogP contribution in [-0.2, 0) is 6.42 Å². The van der Waals surface area contributed by atoms with Gasteiger partial charge in [0.15, 0.2) is 0 Å². The molecule has 0 unspecified atom stereocenters. The summed E-state index contributed by atoms with van der Waals surface area (Å²) in [4.78, 5) is 4.61. The van der Waals surface area contributed by atoms with Crippen LogP contribution >= 0.6 is 11.3 Å². The molecule has 1 aromatic carbocycles. The van der Waals surface area contributed by atoms with E-state index in [1.54, 1.807) is 0 Å². The number of thiazole rings is 1. The molecule has 1 heterocycles. The minimum Gasteiger partial charge on any atom is -0.241 e. The van der Waals surface area contributed by atoms with E-state index in [2.05, 4.69) is 44.0 Å². The summed E-state index contributed by atoms with van der Waals surface area (Å²) in [5, 5.41) is 1.26. The van der Waals surface area contributed by atoms with Crippen molar-refractivity contribution < 1.29 is 0 Å². The Kier molecular flexibility index (Phi) is 2.55. The van der Waals surface area contributed by atoms with E-state index in [1.165, 1.54) is 15.3 Å². The van der Waals surface area contributed by atoms with Gasteiger partial charge in [0.2, 0.25) is 0 Å². The van der Waals surface area contributed by atoms with Crippen molar-refractivity contribution in [2.45, 2.75) is 27.2 Å². The molecule has 0 aliphatic heterocycles. The molecule has 0 spiro atoms. The predicted octanol–water partition coefficient (Wildman–Crippen LogP) is 3.80. The van der Waals surface area contributed by atoms with E-state index in [1.807, 2.05) is 11.3 Å². The lowest BCUT2D eigenvalue weighted by Crippen LogP contribution is -1.91. The highest BCUT2D eigenvalue weighted by Crippen LogP contribution is 2.24. The van der Waals surface area contributed by atoms with Crippen LogP contribution in [0.4, 0.5) is 0 Å². The molecule has 0 amide bonds. The molecular weight excluding hydrogens is 190 g/mol. The van der Waals surface area contributed by atoms with Crippen LogP contribution in [-0.4, -0.2) is 4.98 Å². The van der Waals surface area contributed by atoms with Gasteiger partial charge in [-0.25, -0.2) is 4.98 Å². The van der Waals surface area contributed by atoms with Gasteiger partial charge in [-0.05, 0) is 30.5 Å². The minimum atomic E-state index is 0.691. The SMILES string of the molecule is Cc1ccc2nc(CC(C)C)sc2c1. The van der Waals surface area contributed by atoms with Crippen molar-refractivity contribution in [2.24, 2.45) is 5.92 Å². The van der Waals surface area contributed by atoms with Gasteiger partial charge in [-0.2, -0.15) is 0 Å². The van der Waals surface area contributed by atoms with Gasteiger partial charge in [-0.3, -0.25) is 0 Å². The van der Waals surface area contributed by atoms with Crippen LogP contribution < -0.4 is 0 Å². The minimum absolute atomic E-state index is 0.691. The second-order valence-electron chi connectivity index (χ2n) is 4.18. The van der Waals surface area contributed by atoms with Crippen molar-refractivity contribution in [1.29, 1.82) is 0 Å². The first kappa shape index (κ1) is 9.66. The summed E-state index contributed by atoms with van der Waals surface area (Å²) in [6, 6.07) is 6.46. The van der Waals surface area contributed by atoms with Crippen molar-refractivity contribution in [3.05, 3.63) is 28.8 Å². The van der Waals surface area contributed by atoms with Gasteiger partial charge in [-0.15, -0.1) is 11.3 Å². The number of hydrogen-bond donors (Lipinski definition) is 0. The van der Waals surface area contributed by atoms with Crippen molar-refractivity contribution >= 4 is 21.6 Å². The Morgan fingerprint density at radius 1 is 1.36 bits per heavy atom. The van der Waals surface area contributed by atoms with Gasteiger partial charge in [0.25, 0.3) is 0 Å². The molecule has 0 aliphatic rings. The normalized spacial score (nSPS) is 11.4. The number of benzene rings is 1. The van der Waals surface area contributed by atoms with Gasteiger partial charge >= 0.3 is 0 Å². The van der Waals surface area contributed by atoms with Crippen LogP contribution in [0.3, 0.4) is 0 Å². The molecule has 14 heavy (non-hydrogen) atoms. The smallest absolute Gasteiger partial charge is 0.0941 e. The molecule has 2 heteroatoms. The topological polar surface area (TPSA) is 12.9 Å². The number of rotatable bonds is 2. The largest absolute Gasteiger partial charge is 0.241 e. The Morgan fingerprint density at radius 3 is 2.86 bits per heavy atom. The summed E-state index contributed by atoms with van der Waals surface area (Å²) in [7, 11) is 0. The molecule has 0 radical (unpaired) electrons. The van der Waals surface area contributed by atoms with Crippen LogP contribution in [0.1, 0.15) is 24.4 Å². The zero-order valence-corrected chi connectivity index (χ0v) is 9.69. The molecular formula is C12H15NS. The molecule has 0 aliphatic carbocycles. The molecule has 0 bridgehead atoms. The van der Waals surface area contributed by atoms with Gasteiger partial charge in [-0.1, -0.05) is 19.9 Å². The van der Waals surface area contributed by atoms with E-state index < -0.39 is 0 Å². The number of aryl methyl sites for hydroxylation is 1. The molecule has 0 saturated carbocycles. The lowest BCUT2D eigenvalue weighted by Gasteiger charge is -1.97. The van der Waals surface area contributed by atoms with E-state index >= 15 is 0 Å². The van der Waals surface area contributed by atoms with Crippen LogP contribution in [0.25, 0.3) is 10.2 Å². The van der Waals surface area contributed by atoms with E-state index in [-0.39, 0.29) is 0 Å². The summed E-state index contributed by atoms with van der Waals surface area (Å²) in [5.41, 5.74) is 2.47. The third kappa shape index (κ3) is 1.95. The molecule has 0 N–H and O–H groups in total. The lowest BCUT2D eigenvalue weighted by molar-refractivity contribution is 0.645. The maximum Gasteiger partial charge on any atom is 0.0941 e. The quantitative estimate of drug-likeness (QED) is 0.726. The van der Waals surface area contributed by atoms with E-state index in [0.717, 1.165) is 11.9 Å². The fourth-order valence-corrected chi connectivity index (χ4v) is 2.79. The Balaban J connectivity index is 2.41. The average Bonchev–Trinajstić information content (AvgIpc) is 2.44. The first-order valence-corrected chi connectivity index (χ1v) is 5.83. The van der Waals surface area contributed by atoms with Gasteiger partial charge in [0.05, 0.1) is 15.2 Å². The second-order valence-corrected chi connectivity index (χ2v) is 5.29. The Labute approximate surface area is 88.8 Å². The molecule has 1 aromatic heterocycles. The molecule has 0 fully saturated rings. The van der Waals surface area contributed by atoms with Crippen LogP contribution in [0, 0.1) is 12.8 Å². The third-order valence-corrected chi connectivity index (χ3v) is 3.21. The van der Waals surface area contributed by atoms with Crippen LogP contribution in [0.5, 0.6) is 0 Å². The zero-order valence-electron chi connectivity index (χ0n) is 8.87. The standard InChI is InChI=1S/C12H15NS/c1-8(2)6-12-13-10-5-4-9(3)7-11(10)14-12/h4-5,7-8H,6H2,1-3H3. The number of hydrogen-bond acceptors (Lipinski definition) is 2. The highest BCUT2D eigenvalue weighted by Gasteiger charge is 2.05. The molecule has 0 saturated heterocycles. The summed E-state index contributed by atoms with van der Waals surface area (Å²) in [6.45, 7) is 6.59. The third-order valence-electron chi connectivity index (χ3n) is 2.17. The Bertz CT molecular complexity index is 443. The maximum atomic E-state index is 4.61. The van der Waals surface area contributed by atoms with Crippen molar-refractivity contribution in [1.82, 2.24) is 4.98 Å². The van der Waals surface area contributed by atoms with Crippen LogP contribution in [0.15, 0.2) is 18.2 Å². The summed E-state index contributed by atoms with van der Waals surface area (Å²) in [6.07, 6.45) is 1.10. The van der Waals surface area contributed by atoms with Crippen molar-refractivity contribution in [3.63, 3.8) is 0 Å². The monoisotopic (exact) mass is 205 g/mol. The molecule has 2 aromatic rings. The Hall–Kier alpha value is -0.890. The van der Waals surface area contributed by atoms with E-state index in [9.17, 15) is 0 Å². The fraction of sp³-hybridized carbons (Fsp3) is 0.417. The van der Waals surface area contributed by atoms with E-state index in [0.29, 0.717) is 5.92 Å². The van der Waals surface area contributed by atoms with Gasteiger partial charge < -0.3 is 0 Å². The summed E-state index contributed by atoms with van der Waals surface area (Å²) in [5.74, 6) is 0.691. The fourth-order valence-electron chi connectivity index (χ4n) is 1.52. The average molecular weight is 205 g/mol. The maximum absolute atomic E-state index is 4.61. The highest BCUT2D eigenvalue weighted by molar-refractivity contribution is 7.18. The number of aromatic nitrogens is 1. The molecule has 2 rings (SSSR count). The first-order chi connectivity index (χ1) is 6.65. The summed E-state index contributed by atoms with van der Waals surface area (Å²) >= 11 is 1.83. The van der Waals surface area contributed by atoms with E-state index in [4.69, 9.17) is 0 Å². The Morgan fingerprint density at radius 2 is 2.14 bits per heavy atom.